The minimum Gasteiger partial charge on any atom is -0.459 e. The van der Waals surface area contributed by atoms with Gasteiger partial charge in [0.1, 0.15) is 18.1 Å². The highest BCUT2D eigenvalue weighted by molar-refractivity contribution is 5.75. The van der Waals surface area contributed by atoms with Crippen molar-refractivity contribution >= 4 is 11.6 Å². The number of morpholine rings is 1. The second-order valence-electron chi connectivity index (χ2n) is 7.14. The molecule has 1 amide bonds. The number of carbonyl (C=O) groups excluding carboxylic acids is 1. The summed E-state index contributed by atoms with van der Waals surface area (Å²) >= 11 is 0. The SMILES string of the molecule is O=C(Cn1cc(CN2CCOCC2)nn1)NCc1ccc(-c2ccc([N+](=O)[O-])cc2)o1. The molecule has 1 saturated heterocycles. The van der Waals surface area contributed by atoms with E-state index in [4.69, 9.17) is 9.15 Å². The van der Waals surface area contributed by atoms with E-state index < -0.39 is 4.92 Å². The Kier molecular flexibility index (Phi) is 6.34. The number of hydrogen-bond donors (Lipinski definition) is 1. The Hall–Kier alpha value is -3.57. The lowest BCUT2D eigenvalue weighted by atomic mass is 10.1. The summed E-state index contributed by atoms with van der Waals surface area (Å²) in [7, 11) is 0. The number of furan rings is 1. The molecule has 4 rings (SSSR count). The van der Waals surface area contributed by atoms with Gasteiger partial charge < -0.3 is 14.5 Å². The number of nitro groups is 1. The molecule has 3 heterocycles. The summed E-state index contributed by atoms with van der Waals surface area (Å²) in [6, 6.07) is 9.61. The second kappa shape index (κ2) is 9.49. The van der Waals surface area contributed by atoms with Crippen LogP contribution in [0, 0.1) is 10.1 Å². The molecule has 31 heavy (non-hydrogen) atoms. The number of non-ortho nitro benzene ring substituents is 1. The van der Waals surface area contributed by atoms with Gasteiger partial charge in [-0.3, -0.25) is 19.8 Å². The first kappa shape index (κ1) is 20.7. The third-order valence-electron chi connectivity index (χ3n) is 4.87. The summed E-state index contributed by atoms with van der Waals surface area (Å²) in [5.41, 5.74) is 1.55. The van der Waals surface area contributed by atoms with Gasteiger partial charge in [0.15, 0.2) is 0 Å². The van der Waals surface area contributed by atoms with Crippen molar-refractivity contribution in [2.75, 3.05) is 26.3 Å². The Morgan fingerprint density at radius 3 is 2.68 bits per heavy atom. The molecule has 0 atom stereocenters. The summed E-state index contributed by atoms with van der Waals surface area (Å²) in [5.74, 6) is 0.938. The number of aromatic nitrogens is 3. The van der Waals surface area contributed by atoms with Crippen LogP contribution in [0.4, 0.5) is 5.69 Å². The fraction of sp³-hybridized carbons (Fsp3) is 0.350. The smallest absolute Gasteiger partial charge is 0.269 e. The summed E-state index contributed by atoms with van der Waals surface area (Å²) in [6.45, 7) is 4.12. The lowest BCUT2D eigenvalue weighted by Gasteiger charge is -2.25. The molecule has 0 bridgehead atoms. The van der Waals surface area contributed by atoms with Crippen molar-refractivity contribution < 1.29 is 18.9 Å². The largest absolute Gasteiger partial charge is 0.459 e. The van der Waals surface area contributed by atoms with Gasteiger partial charge in [0.05, 0.1) is 36.6 Å². The van der Waals surface area contributed by atoms with E-state index in [0.29, 0.717) is 18.1 Å². The number of benzene rings is 1. The highest BCUT2D eigenvalue weighted by Crippen LogP contribution is 2.24. The maximum absolute atomic E-state index is 12.2. The topological polar surface area (TPSA) is 129 Å². The number of rotatable bonds is 8. The maximum atomic E-state index is 12.2. The van der Waals surface area contributed by atoms with Crippen LogP contribution in [0.3, 0.4) is 0 Å². The lowest BCUT2D eigenvalue weighted by molar-refractivity contribution is -0.384. The summed E-state index contributed by atoms with van der Waals surface area (Å²) in [6.07, 6.45) is 1.77. The van der Waals surface area contributed by atoms with Crippen molar-refractivity contribution in [1.82, 2.24) is 25.2 Å². The molecule has 0 saturated carbocycles. The van der Waals surface area contributed by atoms with E-state index in [-0.39, 0.29) is 24.7 Å². The monoisotopic (exact) mass is 426 g/mol. The van der Waals surface area contributed by atoms with Gasteiger partial charge >= 0.3 is 0 Å². The Balaban J connectivity index is 1.26. The van der Waals surface area contributed by atoms with Gasteiger partial charge in [-0.25, -0.2) is 4.68 Å². The molecule has 0 unspecified atom stereocenters. The molecular formula is C20H22N6O5. The average molecular weight is 426 g/mol. The Labute approximate surface area is 177 Å². The molecular weight excluding hydrogens is 404 g/mol. The van der Waals surface area contributed by atoms with Gasteiger partial charge in [-0.15, -0.1) is 5.10 Å². The molecule has 0 spiro atoms. The Morgan fingerprint density at radius 1 is 1.16 bits per heavy atom. The van der Waals surface area contributed by atoms with Crippen LogP contribution in [0.2, 0.25) is 0 Å². The Bertz CT molecular complexity index is 1040. The van der Waals surface area contributed by atoms with E-state index in [1.54, 1.807) is 30.5 Å². The predicted molar refractivity (Wildman–Crippen MR) is 109 cm³/mol. The fourth-order valence-corrected chi connectivity index (χ4v) is 3.24. The van der Waals surface area contributed by atoms with Crippen LogP contribution in [0.25, 0.3) is 11.3 Å². The van der Waals surface area contributed by atoms with E-state index in [0.717, 1.165) is 37.6 Å². The van der Waals surface area contributed by atoms with Gasteiger partial charge in [0.2, 0.25) is 5.91 Å². The van der Waals surface area contributed by atoms with Crippen LogP contribution < -0.4 is 5.32 Å². The number of hydrogen-bond acceptors (Lipinski definition) is 8. The zero-order valence-electron chi connectivity index (χ0n) is 16.8. The summed E-state index contributed by atoms with van der Waals surface area (Å²) in [5, 5.41) is 21.7. The van der Waals surface area contributed by atoms with Crippen molar-refractivity contribution in [3.8, 4) is 11.3 Å². The third kappa shape index (κ3) is 5.53. The lowest BCUT2D eigenvalue weighted by Crippen LogP contribution is -2.35. The van der Waals surface area contributed by atoms with Crippen molar-refractivity contribution in [2.24, 2.45) is 0 Å². The zero-order chi connectivity index (χ0) is 21.6. The van der Waals surface area contributed by atoms with E-state index in [1.807, 2.05) is 0 Å². The highest BCUT2D eigenvalue weighted by atomic mass is 16.6. The summed E-state index contributed by atoms with van der Waals surface area (Å²) < 4.78 is 12.6. The zero-order valence-corrected chi connectivity index (χ0v) is 16.8. The molecule has 1 aliphatic rings. The Morgan fingerprint density at radius 2 is 1.94 bits per heavy atom. The quantitative estimate of drug-likeness (QED) is 0.425. The summed E-state index contributed by atoms with van der Waals surface area (Å²) in [4.78, 5) is 24.8. The molecule has 3 aromatic rings. The van der Waals surface area contributed by atoms with Gasteiger partial charge in [-0.1, -0.05) is 5.21 Å². The van der Waals surface area contributed by atoms with E-state index in [2.05, 4.69) is 20.5 Å². The van der Waals surface area contributed by atoms with E-state index in [9.17, 15) is 14.9 Å². The normalized spacial score (nSPS) is 14.5. The molecule has 1 aromatic carbocycles. The average Bonchev–Trinajstić information content (AvgIpc) is 3.43. The number of carbonyl (C=O) groups is 1. The van der Waals surface area contributed by atoms with Crippen LogP contribution in [0.15, 0.2) is 47.0 Å². The van der Waals surface area contributed by atoms with Crippen LogP contribution >= 0.6 is 0 Å². The van der Waals surface area contributed by atoms with Crippen molar-refractivity contribution in [3.63, 3.8) is 0 Å². The molecule has 1 aliphatic heterocycles. The number of nitrogens with zero attached hydrogens (tertiary/aromatic N) is 5. The van der Waals surface area contributed by atoms with Crippen molar-refractivity contribution in [2.45, 2.75) is 19.6 Å². The van der Waals surface area contributed by atoms with Gasteiger partial charge in [-0.05, 0) is 24.3 Å². The molecule has 0 aliphatic carbocycles. The van der Waals surface area contributed by atoms with Gasteiger partial charge in [0.25, 0.3) is 5.69 Å². The molecule has 2 aromatic heterocycles. The van der Waals surface area contributed by atoms with Crippen LogP contribution in [-0.4, -0.2) is 57.0 Å². The highest BCUT2D eigenvalue weighted by Gasteiger charge is 2.14. The number of nitrogens with one attached hydrogen (secondary N) is 1. The second-order valence-corrected chi connectivity index (χ2v) is 7.14. The molecule has 1 N–H and O–H groups in total. The molecule has 0 radical (unpaired) electrons. The fourth-order valence-electron chi connectivity index (χ4n) is 3.24. The first-order chi connectivity index (χ1) is 15.1. The van der Waals surface area contributed by atoms with Gasteiger partial charge in [-0.2, -0.15) is 0 Å². The maximum Gasteiger partial charge on any atom is 0.269 e. The van der Waals surface area contributed by atoms with E-state index >= 15 is 0 Å². The van der Waals surface area contributed by atoms with Crippen LogP contribution in [0.5, 0.6) is 0 Å². The molecule has 1 fully saturated rings. The van der Waals surface area contributed by atoms with Crippen molar-refractivity contribution in [1.29, 1.82) is 0 Å². The molecule has 11 heteroatoms. The standard InChI is InChI=1S/C20H22N6O5/c27-20(14-25-13-16(22-23-25)12-24-7-9-30-10-8-24)21-11-18-5-6-19(31-18)15-1-3-17(4-2-15)26(28)29/h1-6,13H,7-12,14H2,(H,21,27). The number of amides is 1. The first-order valence-electron chi connectivity index (χ1n) is 9.86. The predicted octanol–water partition coefficient (Wildman–Crippen LogP) is 1.59. The van der Waals surface area contributed by atoms with E-state index in [1.165, 1.54) is 16.8 Å². The van der Waals surface area contributed by atoms with Gasteiger partial charge in [0, 0.05) is 37.3 Å². The molecule has 162 valence electrons. The van der Waals surface area contributed by atoms with Crippen molar-refractivity contribution in [3.05, 3.63) is 64.2 Å². The third-order valence-corrected chi connectivity index (χ3v) is 4.87. The van der Waals surface area contributed by atoms with Crippen LogP contribution in [-0.2, 0) is 29.2 Å². The number of ether oxygens (including phenoxy) is 1. The molecule has 11 nitrogen and oxygen atoms in total. The van der Waals surface area contributed by atoms with Crippen LogP contribution in [0.1, 0.15) is 11.5 Å². The minimum absolute atomic E-state index is 0.0176. The first-order valence-corrected chi connectivity index (χ1v) is 9.86. The number of nitro benzene ring substituents is 1. The minimum atomic E-state index is -0.451.